The van der Waals surface area contributed by atoms with Gasteiger partial charge < -0.3 is 10.6 Å². The summed E-state index contributed by atoms with van der Waals surface area (Å²) in [4.78, 5) is 6.52. The van der Waals surface area contributed by atoms with Gasteiger partial charge >= 0.3 is 0 Å². The van der Waals surface area contributed by atoms with E-state index in [1.165, 1.54) is 12.0 Å². The van der Waals surface area contributed by atoms with E-state index in [4.69, 9.17) is 5.73 Å². The second kappa shape index (κ2) is 5.76. The quantitative estimate of drug-likeness (QED) is 0.938. The molecule has 5 heteroatoms. The predicted octanol–water partition coefficient (Wildman–Crippen LogP) is 2.69. The average Bonchev–Trinajstić information content (AvgIpc) is 3.06. The van der Waals surface area contributed by atoms with Crippen LogP contribution < -0.4 is 10.6 Å². The van der Waals surface area contributed by atoms with Crippen LogP contribution in [-0.2, 0) is 13.5 Å². The molecule has 0 amide bonds. The van der Waals surface area contributed by atoms with Crippen molar-refractivity contribution in [2.45, 2.75) is 38.6 Å². The van der Waals surface area contributed by atoms with Gasteiger partial charge in [0.25, 0.3) is 0 Å². The maximum atomic E-state index is 6.37. The number of anilines is 2. The summed E-state index contributed by atoms with van der Waals surface area (Å²) in [6.45, 7) is 3.19. The van der Waals surface area contributed by atoms with E-state index in [1.54, 1.807) is 0 Å². The van der Waals surface area contributed by atoms with Gasteiger partial charge in [0.2, 0.25) is 0 Å². The van der Waals surface area contributed by atoms with Gasteiger partial charge in [-0.25, -0.2) is 0 Å². The lowest BCUT2D eigenvalue weighted by atomic mass is 10.1. The minimum absolute atomic E-state index is 0.375. The Labute approximate surface area is 125 Å². The zero-order valence-corrected chi connectivity index (χ0v) is 12.8. The first-order chi connectivity index (χ1) is 10.2. The molecular weight excluding hydrogens is 262 g/mol. The van der Waals surface area contributed by atoms with Crippen LogP contribution in [0.1, 0.15) is 43.5 Å². The summed E-state index contributed by atoms with van der Waals surface area (Å²) < 4.78 is 1.94. The van der Waals surface area contributed by atoms with E-state index in [0.717, 1.165) is 43.0 Å². The fourth-order valence-electron chi connectivity index (χ4n) is 3.30. The summed E-state index contributed by atoms with van der Waals surface area (Å²) >= 11 is 0. The van der Waals surface area contributed by atoms with Crippen molar-refractivity contribution < 1.29 is 0 Å². The van der Waals surface area contributed by atoms with Crippen LogP contribution in [0.2, 0.25) is 0 Å². The highest BCUT2D eigenvalue weighted by Gasteiger charge is 2.30. The second-order valence-corrected chi connectivity index (χ2v) is 5.69. The molecule has 1 fully saturated rings. The average molecular weight is 285 g/mol. The maximum Gasteiger partial charge on any atom is 0.150 e. The smallest absolute Gasteiger partial charge is 0.150 e. The molecule has 3 rings (SSSR count). The molecule has 2 aromatic heterocycles. The number of nitrogen functional groups attached to an aromatic ring is 1. The Balaban J connectivity index is 1.96. The number of nitrogens with two attached hydrogens (primary N) is 1. The predicted molar refractivity (Wildman–Crippen MR) is 85.2 cm³/mol. The molecule has 1 aliphatic rings. The molecule has 112 valence electrons. The standard InChI is InChI=1S/C16H23N5/c1-3-5-13-15(17)16(20(2)19-13)21-11-4-6-14(21)12-7-9-18-10-8-12/h7-10,14H,3-6,11,17H2,1-2H3. The Morgan fingerprint density at radius 1 is 1.33 bits per heavy atom. The molecule has 0 radical (unpaired) electrons. The Morgan fingerprint density at radius 2 is 2.10 bits per heavy atom. The Bertz CT molecular complexity index is 605. The molecule has 1 saturated heterocycles. The van der Waals surface area contributed by atoms with Crippen molar-refractivity contribution in [3.63, 3.8) is 0 Å². The summed E-state index contributed by atoms with van der Waals surface area (Å²) in [5.41, 5.74) is 9.55. The molecule has 0 saturated carbocycles. The zero-order valence-electron chi connectivity index (χ0n) is 12.8. The van der Waals surface area contributed by atoms with Crippen LogP contribution in [0.3, 0.4) is 0 Å². The normalized spacial score (nSPS) is 18.4. The molecular formula is C16H23N5. The Kier molecular flexibility index (Phi) is 3.82. The molecule has 1 atom stereocenters. The Morgan fingerprint density at radius 3 is 2.81 bits per heavy atom. The summed E-state index contributed by atoms with van der Waals surface area (Å²) in [7, 11) is 1.99. The van der Waals surface area contributed by atoms with E-state index < -0.39 is 0 Å². The van der Waals surface area contributed by atoms with Crippen LogP contribution in [0.25, 0.3) is 0 Å². The Hall–Kier alpha value is -2.04. The van der Waals surface area contributed by atoms with E-state index >= 15 is 0 Å². The van der Waals surface area contributed by atoms with Crippen molar-refractivity contribution in [1.82, 2.24) is 14.8 Å². The van der Waals surface area contributed by atoms with E-state index in [1.807, 2.05) is 24.1 Å². The van der Waals surface area contributed by atoms with Crippen molar-refractivity contribution >= 4 is 11.5 Å². The lowest BCUT2D eigenvalue weighted by Gasteiger charge is -2.27. The third-order valence-corrected chi connectivity index (χ3v) is 4.23. The van der Waals surface area contributed by atoms with Crippen LogP contribution in [-0.4, -0.2) is 21.3 Å². The van der Waals surface area contributed by atoms with Gasteiger partial charge in [0.05, 0.1) is 17.4 Å². The van der Waals surface area contributed by atoms with E-state index in [2.05, 4.69) is 34.0 Å². The summed E-state index contributed by atoms with van der Waals surface area (Å²) in [6.07, 6.45) is 8.06. The van der Waals surface area contributed by atoms with Gasteiger partial charge in [-0.3, -0.25) is 9.67 Å². The molecule has 0 bridgehead atoms. The molecule has 5 nitrogen and oxygen atoms in total. The fraction of sp³-hybridized carbons (Fsp3) is 0.500. The van der Waals surface area contributed by atoms with Crippen LogP contribution >= 0.6 is 0 Å². The topological polar surface area (TPSA) is 60.0 Å². The zero-order chi connectivity index (χ0) is 14.8. The second-order valence-electron chi connectivity index (χ2n) is 5.69. The lowest BCUT2D eigenvalue weighted by Crippen LogP contribution is -2.25. The van der Waals surface area contributed by atoms with Crippen LogP contribution in [0, 0.1) is 0 Å². The number of rotatable bonds is 4. The highest BCUT2D eigenvalue weighted by molar-refractivity contribution is 5.67. The van der Waals surface area contributed by atoms with Crippen LogP contribution in [0.5, 0.6) is 0 Å². The third kappa shape index (κ3) is 2.48. The van der Waals surface area contributed by atoms with Gasteiger partial charge in [-0.05, 0) is 37.0 Å². The van der Waals surface area contributed by atoms with E-state index in [0.29, 0.717) is 6.04 Å². The van der Waals surface area contributed by atoms with Crippen molar-refractivity contribution in [2.24, 2.45) is 7.05 Å². The fourth-order valence-corrected chi connectivity index (χ4v) is 3.30. The number of hydrogen-bond donors (Lipinski definition) is 1. The van der Waals surface area contributed by atoms with Gasteiger partial charge in [0.1, 0.15) is 0 Å². The van der Waals surface area contributed by atoms with E-state index in [-0.39, 0.29) is 0 Å². The first kappa shape index (κ1) is 13.9. The van der Waals surface area contributed by atoms with Crippen LogP contribution in [0.4, 0.5) is 11.5 Å². The summed E-state index contributed by atoms with van der Waals surface area (Å²) in [5, 5.41) is 4.61. The van der Waals surface area contributed by atoms with Crippen molar-refractivity contribution in [2.75, 3.05) is 17.2 Å². The first-order valence-corrected chi connectivity index (χ1v) is 7.70. The molecule has 2 N–H and O–H groups in total. The SMILES string of the molecule is CCCc1nn(C)c(N2CCCC2c2ccncc2)c1N. The molecule has 0 aromatic carbocycles. The maximum absolute atomic E-state index is 6.37. The highest BCUT2D eigenvalue weighted by Crippen LogP contribution is 2.39. The molecule has 0 spiro atoms. The number of aryl methyl sites for hydroxylation is 2. The number of hydrogen-bond acceptors (Lipinski definition) is 4. The molecule has 21 heavy (non-hydrogen) atoms. The molecule has 3 heterocycles. The minimum Gasteiger partial charge on any atom is -0.394 e. The van der Waals surface area contributed by atoms with Gasteiger partial charge in [-0.15, -0.1) is 0 Å². The molecule has 0 aliphatic carbocycles. The van der Waals surface area contributed by atoms with Gasteiger partial charge in [-0.1, -0.05) is 13.3 Å². The minimum atomic E-state index is 0.375. The van der Waals surface area contributed by atoms with Gasteiger partial charge in [-0.2, -0.15) is 5.10 Å². The molecule has 2 aromatic rings. The number of aromatic nitrogens is 3. The summed E-state index contributed by atoms with van der Waals surface area (Å²) in [5.74, 6) is 1.07. The van der Waals surface area contributed by atoms with Crippen molar-refractivity contribution in [1.29, 1.82) is 0 Å². The number of nitrogens with zero attached hydrogens (tertiary/aromatic N) is 4. The third-order valence-electron chi connectivity index (χ3n) is 4.23. The number of pyridine rings is 1. The van der Waals surface area contributed by atoms with E-state index in [9.17, 15) is 0 Å². The molecule has 1 unspecified atom stereocenters. The largest absolute Gasteiger partial charge is 0.394 e. The molecule has 1 aliphatic heterocycles. The van der Waals surface area contributed by atoms with Crippen LogP contribution in [0.15, 0.2) is 24.5 Å². The summed E-state index contributed by atoms with van der Waals surface area (Å²) in [6, 6.07) is 4.57. The van der Waals surface area contributed by atoms with Crippen molar-refractivity contribution in [3.05, 3.63) is 35.8 Å². The monoisotopic (exact) mass is 285 g/mol. The first-order valence-electron chi connectivity index (χ1n) is 7.70. The highest BCUT2D eigenvalue weighted by atomic mass is 15.4. The van der Waals surface area contributed by atoms with Crippen molar-refractivity contribution in [3.8, 4) is 0 Å². The lowest BCUT2D eigenvalue weighted by molar-refractivity contribution is 0.665. The van der Waals surface area contributed by atoms with Gasteiger partial charge in [0.15, 0.2) is 5.82 Å². The van der Waals surface area contributed by atoms with Gasteiger partial charge in [0, 0.05) is 26.0 Å².